The number of hydrogen-bond acceptors (Lipinski definition) is 3. The summed E-state index contributed by atoms with van der Waals surface area (Å²) in [6.07, 6.45) is -3.64. The van der Waals surface area contributed by atoms with E-state index in [4.69, 9.17) is 0 Å². The molecule has 0 fully saturated rings. The molecule has 30 heavy (non-hydrogen) atoms. The maximum absolute atomic E-state index is 12.4. The van der Waals surface area contributed by atoms with Crippen molar-refractivity contribution in [3.63, 3.8) is 0 Å². The zero-order valence-electron chi connectivity index (χ0n) is 17.3. The van der Waals surface area contributed by atoms with E-state index in [9.17, 15) is 18.0 Å². The number of amides is 1. The Morgan fingerprint density at radius 2 is 1.97 bits per heavy atom. The van der Waals surface area contributed by atoms with Gasteiger partial charge in [-0.25, -0.2) is 9.98 Å². The van der Waals surface area contributed by atoms with Crippen LogP contribution in [0.1, 0.15) is 19.2 Å². The molecule has 11 heteroatoms. The Kier molecular flexibility index (Phi) is 10.4. The summed E-state index contributed by atoms with van der Waals surface area (Å²) in [6.45, 7) is 4.11. The van der Waals surface area contributed by atoms with Crippen LogP contribution in [0.2, 0.25) is 0 Å². The Bertz CT molecular complexity index is 852. The second-order valence-electron chi connectivity index (χ2n) is 6.64. The number of benzene rings is 1. The maximum atomic E-state index is 12.4. The predicted octanol–water partition coefficient (Wildman–Crippen LogP) is 2.93. The molecule has 2 rings (SSSR count). The summed E-state index contributed by atoms with van der Waals surface area (Å²) in [6, 6.07) is 7.92. The number of aliphatic imine (C=N–C) groups is 1. The lowest BCUT2D eigenvalue weighted by Crippen LogP contribution is -2.40. The Hall–Kier alpha value is -2.05. The molecule has 2 aromatic rings. The van der Waals surface area contributed by atoms with Gasteiger partial charge in [0.2, 0.25) is 5.91 Å². The second-order valence-corrected chi connectivity index (χ2v) is 6.64. The van der Waals surface area contributed by atoms with Gasteiger partial charge in [0.15, 0.2) is 5.96 Å². The van der Waals surface area contributed by atoms with Gasteiger partial charge < -0.3 is 20.1 Å². The Morgan fingerprint density at radius 3 is 2.63 bits per heavy atom. The molecule has 0 radical (unpaired) electrons. The minimum atomic E-state index is -4.42. The lowest BCUT2D eigenvalue weighted by molar-refractivity contribution is -0.157. The minimum absolute atomic E-state index is 0. The van der Waals surface area contributed by atoms with Gasteiger partial charge in [-0.3, -0.25) is 4.79 Å². The Labute approximate surface area is 191 Å². The smallest absolute Gasteiger partial charge is 0.357 e. The molecule has 0 atom stereocenters. The van der Waals surface area contributed by atoms with E-state index in [-0.39, 0.29) is 30.5 Å². The van der Waals surface area contributed by atoms with E-state index in [0.29, 0.717) is 23.9 Å². The monoisotopic (exact) mass is 540 g/mol. The lowest BCUT2D eigenvalue weighted by atomic mass is 10.3. The fourth-order valence-corrected chi connectivity index (χ4v) is 2.89. The molecular formula is C19H28F3IN6O. The molecule has 0 saturated heterocycles. The summed E-state index contributed by atoms with van der Waals surface area (Å²) in [5.74, 6) is 0.638. The number of para-hydroxylation sites is 2. The number of aryl methyl sites for hydroxylation is 2. The molecule has 168 valence electrons. The van der Waals surface area contributed by atoms with Crippen LogP contribution in [-0.2, 0) is 11.3 Å². The third-order valence-corrected chi connectivity index (χ3v) is 4.26. The van der Waals surface area contributed by atoms with Gasteiger partial charge in [-0.15, -0.1) is 24.0 Å². The summed E-state index contributed by atoms with van der Waals surface area (Å²) in [5.41, 5.74) is 2.03. The van der Waals surface area contributed by atoms with Gasteiger partial charge in [-0.2, -0.15) is 13.2 Å². The molecule has 0 saturated carbocycles. The van der Waals surface area contributed by atoms with Gasteiger partial charge in [-0.05, 0) is 32.4 Å². The van der Waals surface area contributed by atoms with E-state index in [2.05, 4.69) is 25.2 Å². The minimum Gasteiger partial charge on any atom is -0.357 e. The van der Waals surface area contributed by atoms with Crippen LogP contribution in [0.4, 0.5) is 13.2 Å². The van der Waals surface area contributed by atoms with Gasteiger partial charge in [0.1, 0.15) is 18.9 Å². The number of likely N-dealkylation sites (N-methyl/N-ethyl adjacent to an activating group) is 1. The van der Waals surface area contributed by atoms with Crippen molar-refractivity contribution in [1.29, 1.82) is 0 Å². The highest BCUT2D eigenvalue weighted by Crippen LogP contribution is 2.16. The highest BCUT2D eigenvalue weighted by molar-refractivity contribution is 14.0. The van der Waals surface area contributed by atoms with Crippen molar-refractivity contribution >= 4 is 46.9 Å². The number of fused-ring (bicyclic) bond motifs is 1. The molecule has 1 aromatic heterocycles. The number of guanidine groups is 1. The standard InChI is InChI=1S/C19H27F3N6O.HI/c1-4-23-18(25-12-17(29)27(3)13-19(20,21)22)24-10-7-11-28-14(2)26-15-8-5-6-9-16(15)28;/h5-6,8-9H,4,7,10-13H2,1-3H3,(H2,23,24,25);1H. The molecule has 1 amide bonds. The number of nitrogens with one attached hydrogen (secondary N) is 2. The van der Waals surface area contributed by atoms with Crippen molar-refractivity contribution in [2.75, 3.05) is 33.2 Å². The molecular weight excluding hydrogens is 512 g/mol. The predicted molar refractivity (Wildman–Crippen MR) is 122 cm³/mol. The van der Waals surface area contributed by atoms with Crippen molar-refractivity contribution in [3.05, 3.63) is 30.1 Å². The molecule has 7 nitrogen and oxygen atoms in total. The van der Waals surface area contributed by atoms with E-state index in [1.54, 1.807) is 0 Å². The molecule has 0 aliphatic carbocycles. The number of halogens is 4. The summed E-state index contributed by atoms with van der Waals surface area (Å²) < 4.78 is 39.3. The zero-order valence-corrected chi connectivity index (χ0v) is 19.6. The number of rotatable bonds is 8. The third kappa shape index (κ3) is 8.00. The number of hydrogen-bond donors (Lipinski definition) is 2. The first-order chi connectivity index (χ1) is 13.7. The number of aromatic nitrogens is 2. The van der Waals surface area contributed by atoms with E-state index >= 15 is 0 Å². The van der Waals surface area contributed by atoms with Gasteiger partial charge in [0, 0.05) is 26.7 Å². The summed E-state index contributed by atoms with van der Waals surface area (Å²) in [4.78, 5) is 21.1. The van der Waals surface area contributed by atoms with Gasteiger partial charge >= 0.3 is 6.18 Å². The molecule has 0 spiro atoms. The summed E-state index contributed by atoms with van der Waals surface area (Å²) >= 11 is 0. The van der Waals surface area contributed by atoms with Crippen LogP contribution < -0.4 is 10.6 Å². The van der Waals surface area contributed by atoms with E-state index < -0.39 is 18.6 Å². The summed E-state index contributed by atoms with van der Waals surface area (Å²) in [7, 11) is 1.11. The third-order valence-electron chi connectivity index (χ3n) is 4.26. The highest BCUT2D eigenvalue weighted by Gasteiger charge is 2.31. The number of imidazole rings is 1. The fraction of sp³-hybridized carbons (Fsp3) is 0.526. The molecule has 0 bridgehead atoms. The van der Waals surface area contributed by atoms with Crippen LogP contribution >= 0.6 is 24.0 Å². The van der Waals surface area contributed by atoms with Crippen LogP contribution in [0.3, 0.4) is 0 Å². The Balaban J connectivity index is 0.00000450. The molecule has 2 N–H and O–H groups in total. The van der Waals surface area contributed by atoms with Crippen molar-refractivity contribution in [2.45, 2.75) is 33.0 Å². The topological polar surface area (TPSA) is 74.6 Å². The largest absolute Gasteiger partial charge is 0.406 e. The molecule has 1 aromatic carbocycles. The average Bonchev–Trinajstić information content (AvgIpc) is 2.96. The highest BCUT2D eigenvalue weighted by atomic mass is 127. The zero-order chi connectivity index (χ0) is 21.4. The quantitative estimate of drug-likeness (QED) is 0.234. The van der Waals surface area contributed by atoms with Crippen LogP contribution in [-0.4, -0.2) is 65.7 Å². The molecule has 0 aliphatic rings. The van der Waals surface area contributed by atoms with Crippen LogP contribution in [0.25, 0.3) is 11.0 Å². The number of nitrogens with zero attached hydrogens (tertiary/aromatic N) is 4. The van der Waals surface area contributed by atoms with Crippen molar-refractivity contribution in [3.8, 4) is 0 Å². The van der Waals surface area contributed by atoms with E-state index in [1.807, 2.05) is 38.1 Å². The number of alkyl halides is 3. The maximum Gasteiger partial charge on any atom is 0.406 e. The van der Waals surface area contributed by atoms with Gasteiger partial charge in [0.25, 0.3) is 0 Å². The lowest BCUT2D eigenvalue weighted by Gasteiger charge is -2.18. The first kappa shape index (κ1) is 26.0. The van der Waals surface area contributed by atoms with Gasteiger partial charge in [0.05, 0.1) is 11.0 Å². The number of carbonyl (C=O) groups excluding carboxylic acids is 1. The van der Waals surface area contributed by atoms with Crippen LogP contribution in [0.15, 0.2) is 29.3 Å². The molecule has 1 heterocycles. The molecule has 0 unspecified atom stereocenters. The molecule has 0 aliphatic heterocycles. The summed E-state index contributed by atoms with van der Waals surface area (Å²) in [5, 5.41) is 6.09. The van der Waals surface area contributed by atoms with Crippen LogP contribution in [0, 0.1) is 6.92 Å². The second kappa shape index (κ2) is 12.0. The Morgan fingerprint density at radius 1 is 1.27 bits per heavy atom. The van der Waals surface area contributed by atoms with Crippen LogP contribution in [0.5, 0.6) is 0 Å². The first-order valence-electron chi connectivity index (χ1n) is 9.46. The normalized spacial score (nSPS) is 11.9. The first-order valence-corrected chi connectivity index (χ1v) is 9.46. The fourth-order valence-electron chi connectivity index (χ4n) is 2.89. The van der Waals surface area contributed by atoms with Crippen molar-refractivity contribution in [1.82, 2.24) is 25.1 Å². The van der Waals surface area contributed by atoms with E-state index in [1.165, 1.54) is 0 Å². The van der Waals surface area contributed by atoms with Crippen molar-refractivity contribution in [2.24, 2.45) is 4.99 Å². The van der Waals surface area contributed by atoms with E-state index in [0.717, 1.165) is 36.9 Å². The average molecular weight is 540 g/mol. The number of carbonyl (C=O) groups is 1. The van der Waals surface area contributed by atoms with Gasteiger partial charge in [-0.1, -0.05) is 12.1 Å². The SMILES string of the molecule is CCNC(=NCC(=O)N(C)CC(F)(F)F)NCCCn1c(C)nc2ccccc21.I. The van der Waals surface area contributed by atoms with Crippen molar-refractivity contribution < 1.29 is 18.0 Å².